The lowest BCUT2D eigenvalue weighted by atomic mass is 9.81. The molecule has 3 heteroatoms. The molecule has 1 fully saturated rings. The summed E-state index contributed by atoms with van der Waals surface area (Å²) in [4.78, 5) is 0. The molecule has 0 bridgehead atoms. The van der Waals surface area contributed by atoms with Crippen molar-refractivity contribution in [2.75, 3.05) is 6.54 Å². The molecule has 0 aliphatic heterocycles. The van der Waals surface area contributed by atoms with Crippen LogP contribution in [-0.4, -0.2) is 6.54 Å². The third-order valence-corrected chi connectivity index (χ3v) is 4.68. The van der Waals surface area contributed by atoms with Crippen LogP contribution in [-0.2, 0) is 0 Å². The molecule has 106 valence electrons. The maximum Gasteiger partial charge on any atom is 0.137 e. The Labute approximate surface area is 124 Å². The summed E-state index contributed by atoms with van der Waals surface area (Å²) in [6.45, 7) is 3.17. The van der Waals surface area contributed by atoms with Crippen molar-refractivity contribution >= 4 is 15.9 Å². The molecule has 0 radical (unpaired) electrons. The summed E-state index contributed by atoms with van der Waals surface area (Å²) in [5.41, 5.74) is 1.10. The van der Waals surface area contributed by atoms with Gasteiger partial charge < -0.3 is 5.32 Å². The first-order chi connectivity index (χ1) is 9.22. The Balaban J connectivity index is 2.17. The fraction of sp³-hybridized carbons (Fsp3) is 0.625. The first kappa shape index (κ1) is 15.0. The lowest BCUT2D eigenvalue weighted by molar-refractivity contribution is 0.271. The first-order valence-electron chi connectivity index (χ1n) is 7.40. The minimum Gasteiger partial charge on any atom is -0.310 e. The van der Waals surface area contributed by atoms with Crippen molar-refractivity contribution in [3.63, 3.8) is 0 Å². The van der Waals surface area contributed by atoms with E-state index in [4.69, 9.17) is 0 Å². The number of halogens is 2. The van der Waals surface area contributed by atoms with Crippen LogP contribution in [0.1, 0.15) is 57.1 Å². The molecule has 1 aliphatic carbocycles. The van der Waals surface area contributed by atoms with E-state index in [0.717, 1.165) is 18.5 Å². The highest BCUT2D eigenvalue weighted by atomic mass is 79.9. The van der Waals surface area contributed by atoms with Gasteiger partial charge in [0.2, 0.25) is 0 Å². The quantitative estimate of drug-likeness (QED) is 0.782. The highest BCUT2D eigenvalue weighted by molar-refractivity contribution is 9.10. The van der Waals surface area contributed by atoms with Crippen LogP contribution in [0.15, 0.2) is 22.7 Å². The maximum absolute atomic E-state index is 13.8. The summed E-state index contributed by atoms with van der Waals surface area (Å²) >= 11 is 3.23. The molecule has 1 nitrogen and oxygen atoms in total. The highest BCUT2D eigenvalue weighted by Crippen LogP contribution is 2.35. The largest absolute Gasteiger partial charge is 0.310 e. The lowest BCUT2D eigenvalue weighted by Gasteiger charge is -2.31. The first-order valence-corrected chi connectivity index (χ1v) is 8.20. The Morgan fingerprint density at radius 3 is 2.68 bits per heavy atom. The minimum absolute atomic E-state index is 0.156. The van der Waals surface area contributed by atoms with Crippen LogP contribution in [0.2, 0.25) is 0 Å². The Morgan fingerprint density at radius 2 is 2.05 bits per heavy atom. The topological polar surface area (TPSA) is 12.0 Å². The zero-order chi connectivity index (χ0) is 13.7. The fourth-order valence-corrected chi connectivity index (χ4v) is 3.28. The summed E-state index contributed by atoms with van der Waals surface area (Å²) in [5, 5.41) is 3.62. The van der Waals surface area contributed by atoms with E-state index in [9.17, 15) is 4.39 Å². The number of rotatable bonds is 5. The molecule has 2 rings (SSSR count). The van der Waals surface area contributed by atoms with Gasteiger partial charge in [-0.2, -0.15) is 0 Å². The van der Waals surface area contributed by atoms with Crippen LogP contribution in [0.4, 0.5) is 4.39 Å². The van der Waals surface area contributed by atoms with Crippen molar-refractivity contribution in [1.29, 1.82) is 0 Å². The van der Waals surface area contributed by atoms with Gasteiger partial charge in [-0.1, -0.05) is 32.3 Å². The summed E-state index contributed by atoms with van der Waals surface area (Å²) in [7, 11) is 0. The third kappa shape index (κ3) is 4.03. The van der Waals surface area contributed by atoms with Crippen molar-refractivity contribution in [3.8, 4) is 0 Å². The second kappa shape index (κ2) is 7.39. The molecule has 1 N–H and O–H groups in total. The zero-order valence-corrected chi connectivity index (χ0v) is 13.2. The van der Waals surface area contributed by atoms with Crippen molar-refractivity contribution in [2.24, 2.45) is 5.92 Å². The van der Waals surface area contributed by atoms with Crippen LogP contribution in [0, 0.1) is 11.7 Å². The van der Waals surface area contributed by atoms with Gasteiger partial charge in [-0.05, 0) is 65.4 Å². The molecule has 1 aromatic rings. The van der Waals surface area contributed by atoms with Gasteiger partial charge in [0.1, 0.15) is 5.82 Å². The molecule has 1 aromatic carbocycles. The predicted molar refractivity (Wildman–Crippen MR) is 81.7 cm³/mol. The molecule has 19 heavy (non-hydrogen) atoms. The van der Waals surface area contributed by atoms with Gasteiger partial charge in [-0.15, -0.1) is 0 Å². The Kier molecular flexibility index (Phi) is 5.83. The van der Waals surface area contributed by atoms with Crippen molar-refractivity contribution in [2.45, 2.75) is 51.5 Å². The molecular weight excluding hydrogens is 305 g/mol. The number of nitrogens with one attached hydrogen (secondary N) is 1. The van der Waals surface area contributed by atoms with Crippen molar-refractivity contribution in [3.05, 3.63) is 34.1 Å². The van der Waals surface area contributed by atoms with Crippen LogP contribution >= 0.6 is 15.9 Å². The summed E-state index contributed by atoms with van der Waals surface area (Å²) in [5.74, 6) is 0.498. The lowest BCUT2D eigenvalue weighted by Crippen LogP contribution is -2.30. The van der Waals surface area contributed by atoms with Gasteiger partial charge in [0.15, 0.2) is 0 Å². The number of benzene rings is 1. The smallest absolute Gasteiger partial charge is 0.137 e. The van der Waals surface area contributed by atoms with E-state index in [1.54, 1.807) is 6.07 Å². The highest BCUT2D eigenvalue weighted by Gasteiger charge is 2.24. The van der Waals surface area contributed by atoms with Crippen LogP contribution in [0.3, 0.4) is 0 Å². The Hall–Kier alpha value is -0.410. The Bertz CT molecular complexity index is 402. The van der Waals surface area contributed by atoms with Gasteiger partial charge in [-0.3, -0.25) is 0 Å². The predicted octanol–water partition coefficient (Wildman–Crippen LogP) is 5.21. The van der Waals surface area contributed by atoms with E-state index in [0.29, 0.717) is 16.4 Å². The zero-order valence-electron chi connectivity index (χ0n) is 11.6. The van der Waals surface area contributed by atoms with Crippen LogP contribution < -0.4 is 5.32 Å². The minimum atomic E-state index is -0.156. The maximum atomic E-state index is 13.8. The van der Waals surface area contributed by atoms with Gasteiger partial charge >= 0.3 is 0 Å². The molecule has 0 aromatic heterocycles. The molecular formula is C16H23BrFN. The van der Waals surface area contributed by atoms with Crippen molar-refractivity contribution < 1.29 is 4.39 Å². The van der Waals surface area contributed by atoms with Crippen LogP contribution in [0.25, 0.3) is 0 Å². The van der Waals surface area contributed by atoms with Crippen molar-refractivity contribution in [1.82, 2.24) is 5.32 Å². The molecule has 0 saturated heterocycles. The summed E-state index contributed by atoms with van der Waals surface area (Å²) in [6.07, 6.45) is 7.62. The standard InChI is InChI=1S/C16H23BrFN/c1-2-10-19-16(12-6-4-3-5-7-12)13-8-9-14(17)15(18)11-13/h8-9,11-12,16,19H,2-7,10H2,1H3. The SMILES string of the molecule is CCCNC(c1ccc(Br)c(F)c1)C1CCCCC1. The summed E-state index contributed by atoms with van der Waals surface area (Å²) < 4.78 is 14.3. The monoisotopic (exact) mass is 327 g/mol. The van der Waals surface area contributed by atoms with Gasteiger partial charge in [0.25, 0.3) is 0 Å². The van der Waals surface area contributed by atoms with Gasteiger partial charge in [0.05, 0.1) is 4.47 Å². The number of hydrogen-bond acceptors (Lipinski definition) is 1. The van der Waals surface area contributed by atoms with E-state index in [2.05, 4.69) is 34.2 Å². The molecule has 0 heterocycles. The Morgan fingerprint density at radius 1 is 1.32 bits per heavy atom. The second-order valence-corrected chi connectivity index (χ2v) is 6.36. The van der Waals surface area contributed by atoms with Gasteiger partial charge in [0, 0.05) is 6.04 Å². The number of hydrogen-bond donors (Lipinski definition) is 1. The summed E-state index contributed by atoms with van der Waals surface area (Å²) in [6, 6.07) is 5.87. The fourth-order valence-electron chi connectivity index (χ4n) is 3.03. The van der Waals surface area contributed by atoms with E-state index >= 15 is 0 Å². The normalized spacial score (nSPS) is 18.5. The molecule has 1 atom stereocenters. The van der Waals surface area contributed by atoms with Crippen LogP contribution in [0.5, 0.6) is 0 Å². The van der Waals surface area contributed by atoms with E-state index in [-0.39, 0.29) is 5.82 Å². The average molecular weight is 328 g/mol. The second-order valence-electron chi connectivity index (χ2n) is 5.50. The molecule has 1 unspecified atom stereocenters. The molecule has 1 saturated carbocycles. The van der Waals surface area contributed by atoms with Gasteiger partial charge in [-0.25, -0.2) is 4.39 Å². The van der Waals surface area contributed by atoms with E-state index < -0.39 is 0 Å². The third-order valence-electron chi connectivity index (χ3n) is 4.04. The molecule has 0 amide bonds. The van der Waals surface area contributed by atoms with E-state index in [1.165, 1.54) is 32.1 Å². The van der Waals surface area contributed by atoms with E-state index in [1.807, 2.05) is 6.07 Å². The molecule has 1 aliphatic rings. The molecule has 0 spiro atoms. The average Bonchev–Trinajstić information content (AvgIpc) is 2.44.